The first kappa shape index (κ1) is 13.5. The molecule has 0 aliphatic carbocycles. The SMILES string of the molecule is CCCN(C(=O)CC(C)COC)C1CNC1. The van der Waals surface area contributed by atoms with E-state index in [1.807, 2.05) is 4.90 Å². The summed E-state index contributed by atoms with van der Waals surface area (Å²) in [6, 6.07) is 0.419. The van der Waals surface area contributed by atoms with Crippen LogP contribution in [0.3, 0.4) is 0 Å². The van der Waals surface area contributed by atoms with Gasteiger partial charge >= 0.3 is 0 Å². The number of carbonyl (C=O) groups excluding carboxylic acids is 1. The van der Waals surface area contributed by atoms with E-state index in [9.17, 15) is 4.79 Å². The van der Waals surface area contributed by atoms with Crippen molar-refractivity contribution >= 4 is 5.91 Å². The third-order valence-electron chi connectivity index (χ3n) is 2.96. The smallest absolute Gasteiger partial charge is 0.223 e. The van der Waals surface area contributed by atoms with Crippen LogP contribution in [0.4, 0.5) is 0 Å². The van der Waals surface area contributed by atoms with Crippen molar-refractivity contribution in [3.63, 3.8) is 0 Å². The monoisotopic (exact) mass is 228 g/mol. The van der Waals surface area contributed by atoms with Crippen LogP contribution in [0.1, 0.15) is 26.7 Å². The van der Waals surface area contributed by atoms with Gasteiger partial charge in [-0.2, -0.15) is 0 Å². The topological polar surface area (TPSA) is 41.6 Å². The van der Waals surface area contributed by atoms with Crippen molar-refractivity contribution < 1.29 is 9.53 Å². The molecule has 0 saturated carbocycles. The van der Waals surface area contributed by atoms with Gasteiger partial charge < -0.3 is 15.0 Å². The zero-order valence-corrected chi connectivity index (χ0v) is 10.7. The molecule has 1 saturated heterocycles. The molecule has 1 heterocycles. The van der Waals surface area contributed by atoms with Crippen molar-refractivity contribution in [2.45, 2.75) is 32.7 Å². The Labute approximate surface area is 98.3 Å². The van der Waals surface area contributed by atoms with E-state index in [2.05, 4.69) is 19.2 Å². The van der Waals surface area contributed by atoms with Crippen LogP contribution < -0.4 is 5.32 Å². The first-order valence-electron chi connectivity index (χ1n) is 6.18. The fourth-order valence-corrected chi connectivity index (χ4v) is 2.00. The van der Waals surface area contributed by atoms with Gasteiger partial charge in [0.15, 0.2) is 0 Å². The molecule has 94 valence electrons. The van der Waals surface area contributed by atoms with E-state index >= 15 is 0 Å². The minimum atomic E-state index is 0.276. The van der Waals surface area contributed by atoms with Crippen LogP contribution in [-0.4, -0.2) is 50.2 Å². The number of carbonyl (C=O) groups is 1. The summed E-state index contributed by atoms with van der Waals surface area (Å²) in [5.74, 6) is 0.586. The number of nitrogens with one attached hydrogen (secondary N) is 1. The molecule has 1 rings (SSSR count). The second kappa shape index (κ2) is 6.86. The highest BCUT2D eigenvalue weighted by molar-refractivity contribution is 5.77. The zero-order chi connectivity index (χ0) is 12.0. The minimum Gasteiger partial charge on any atom is -0.384 e. The van der Waals surface area contributed by atoms with E-state index in [-0.39, 0.29) is 5.91 Å². The zero-order valence-electron chi connectivity index (χ0n) is 10.7. The number of nitrogens with zero attached hydrogens (tertiary/aromatic N) is 1. The second-order valence-corrected chi connectivity index (χ2v) is 4.66. The van der Waals surface area contributed by atoms with Gasteiger partial charge in [0.05, 0.1) is 6.04 Å². The quantitative estimate of drug-likeness (QED) is 0.703. The van der Waals surface area contributed by atoms with Gasteiger partial charge in [0, 0.05) is 39.8 Å². The average molecular weight is 228 g/mol. The Hall–Kier alpha value is -0.610. The van der Waals surface area contributed by atoms with E-state index in [0.29, 0.717) is 25.0 Å². The van der Waals surface area contributed by atoms with E-state index in [4.69, 9.17) is 4.74 Å². The van der Waals surface area contributed by atoms with Gasteiger partial charge in [0.25, 0.3) is 0 Å². The van der Waals surface area contributed by atoms with E-state index < -0.39 is 0 Å². The molecule has 0 aromatic rings. The molecule has 4 heteroatoms. The largest absolute Gasteiger partial charge is 0.384 e. The molecule has 0 bridgehead atoms. The van der Waals surface area contributed by atoms with Crippen molar-refractivity contribution in [3.8, 4) is 0 Å². The molecule has 0 aromatic carbocycles. The minimum absolute atomic E-state index is 0.276. The Morgan fingerprint density at radius 1 is 1.56 bits per heavy atom. The van der Waals surface area contributed by atoms with Gasteiger partial charge in [0.1, 0.15) is 0 Å². The number of hydrogen-bond donors (Lipinski definition) is 1. The molecule has 0 radical (unpaired) electrons. The lowest BCUT2D eigenvalue weighted by molar-refractivity contribution is -0.135. The Bertz CT molecular complexity index is 217. The van der Waals surface area contributed by atoms with Gasteiger partial charge in [-0.05, 0) is 12.3 Å². The molecule has 1 fully saturated rings. The first-order valence-corrected chi connectivity index (χ1v) is 6.18. The summed E-state index contributed by atoms with van der Waals surface area (Å²) in [5, 5.41) is 3.21. The number of methoxy groups -OCH3 is 1. The van der Waals surface area contributed by atoms with Crippen molar-refractivity contribution in [1.29, 1.82) is 0 Å². The maximum atomic E-state index is 12.1. The van der Waals surface area contributed by atoms with Crippen LogP contribution >= 0.6 is 0 Å². The summed E-state index contributed by atoms with van der Waals surface area (Å²) in [5.41, 5.74) is 0. The van der Waals surface area contributed by atoms with Gasteiger partial charge in [-0.25, -0.2) is 0 Å². The van der Waals surface area contributed by atoms with Crippen LogP contribution in [0.15, 0.2) is 0 Å². The van der Waals surface area contributed by atoms with E-state index in [1.54, 1.807) is 7.11 Å². The van der Waals surface area contributed by atoms with Gasteiger partial charge in [-0.1, -0.05) is 13.8 Å². The molecule has 1 amide bonds. The highest BCUT2D eigenvalue weighted by atomic mass is 16.5. The molecule has 1 unspecified atom stereocenters. The average Bonchev–Trinajstić information content (AvgIpc) is 2.14. The summed E-state index contributed by atoms with van der Waals surface area (Å²) >= 11 is 0. The van der Waals surface area contributed by atoms with Crippen LogP contribution in [0, 0.1) is 5.92 Å². The molecule has 1 aliphatic rings. The van der Waals surface area contributed by atoms with Gasteiger partial charge in [-0.15, -0.1) is 0 Å². The third-order valence-corrected chi connectivity index (χ3v) is 2.96. The predicted molar refractivity (Wildman–Crippen MR) is 64.3 cm³/mol. The Balaban J connectivity index is 2.40. The third kappa shape index (κ3) is 3.76. The van der Waals surface area contributed by atoms with E-state index in [0.717, 1.165) is 26.1 Å². The summed E-state index contributed by atoms with van der Waals surface area (Å²) in [6.07, 6.45) is 1.63. The van der Waals surface area contributed by atoms with Gasteiger partial charge in [-0.3, -0.25) is 4.79 Å². The van der Waals surface area contributed by atoms with Crippen molar-refractivity contribution in [2.24, 2.45) is 5.92 Å². The Kier molecular flexibility index (Phi) is 5.77. The highest BCUT2D eigenvalue weighted by Crippen LogP contribution is 2.12. The molecule has 1 N–H and O–H groups in total. The lowest BCUT2D eigenvalue weighted by Gasteiger charge is -2.38. The van der Waals surface area contributed by atoms with Crippen LogP contribution in [0.5, 0.6) is 0 Å². The standard InChI is InChI=1S/C12H24N2O2/c1-4-5-14(11-7-13-8-11)12(15)6-10(2)9-16-3/h10-11,13H,4-9H2,1-3H3. The lowest BCUT2D eigenvalue weighted by atomic mass is 10.1. The fraction of sp³-hybridized carbons (Fsp3) is 0.917. The molecule has 0 spiro atoms. The molecular weight excluding hydrogens is 204 g/mol. The Morgan fingerprint density at radius 3 is 2.69 bits per heavy atom. The van der Waals surface area contributed by atoms with E-state index in [1.165, 1.54) is 0 Å². The normalized spacial score (nSPS) is 17.9. The summed E-state index contributed by atoms with van der Waals surface area (Å²) < 4.78 is 5.06. The number of rotatable bonds is 7. The van der Waals surface area contributed by atoms with Crippen LogP contribution in [0.2, 0.25) is 0 Å². The lowest BCUT2D eigenvalue weighted by Crippen LogP contribution is -2.59. The first-order chi connectivity index (χ1) is 7.69. The Morgan fingerprint density at radius 2 is 2.25 bits per heavy atom. The maximum Gasteiger partial charge on any atom is 0.223 e. The molecular formula is C12H24N2O2. The van der Waals surface area contributed by atoms with Crippen molar-refractivity contribution in [3.05, 3.63) is 0 Å². The molecule has 16 heavy (non-hydrogen) atoms. The van der Waals surface area contributed by atoms with Gasteiger partial charge in [0.2, 0.25) is 5.91 Å². The molecule has 1 aliphatic heterocycles. The molecule has 4 nitrogen and oxygen atoms in total. The molecule has 1 atom stereocenters. The van der Waals surface area contributed by atoms with Crippen LogP contribution in [0.25, 0.3) is 0 Å². The fourth-order valence-electron chi connectivity index (χ4n) is 2.00. The number of amides is 1. The second-order valence-electron chi connectivity index (χ2n) is 4.66. The summed E-state index contributed by atoms with van der Waals surface area (Å²) in [7, 11) is 1.68. The van der Waals surface area contributed by atoms with Crippen molar-refractivity contribution in [2.75, 3.05) is 33.4 Å². The summed E-state index contributed by atoms with van der Waals surface area (Å²) in [6.45, 7) is 7.61. The van der Waals surface area contributed by atoms with Crippen LogP contribution in [-0.2, 0) is 9.53 Å². The highest BCUT2D eigenvalue weighted by Gasteiger charge is 2.28. The number of hydrogen-bond acceptors (Lipinski definition) is 3. The predicted octanol–water partition coefficient (Wildman–Crippen LogP) is 0.869. The molecule has 0 aromatic heterocycles. The van der Waals surface area contributed by atoms with Crippen molar-refractivity contribution in [1.82, 2.24) is 10.2 Å². The summed E-state index contributed by atoms with van der Waals surface area (Å²) in [4.78, 5) is 14.1. The number of ether oxygens (including phenoxy) is 1. The maximum absolute atomic E-state index is 12.1.